The molecule has 0 aromatic heterocycles. The summed E-state index contributed by atoms with van der Waals surface area (Å²) in [6, 6.07) is 6.47. The SMILES string of the molecule is O=C(O)CNC(=O)CCCCCCCCCOc1cccc(C(=O)O)c1. The minimum absolute atomic E-state index is 0.212. The number of benzene rings is 1. The van der Waals surface area contributed by atoms with Crippen molar-refractivity contribution in [3.8, 4) is 5.75 Å². The topological polar surface area (TPSA) is 113 Å². The Kier molecular flexibility index (Phi) is 10.5. The summed E-state index contributed by atoms with van der Waals surface area (Å²) in [7, 11) is 0. The molecule has 7 nitrogen and oxygen atoms in total. The molecule has 26 heavy (non-hydrogen) atoms. The van der Waals surface area contributed by atoms with Crippen LogP contribution in [0.5, 0.6) is 5.75 Å². The largest absolute Gasteiger partial charge is 0.494 e. The first-order chi connectivity index (χ1) is 12.5. The normalized spacial score (nSPS) is 10.3. The maximum atomic E-state index is 11.3. The molecule has 0 atom stereocenters. The minimum atomic E-state index is -1.03. The van der Waals surface area contributed by atoms with Crippen molar-refractivity contribution in [2.24, 2.45) is 0 Å². The first-order valence-corrected chi connectivity index (χ1v) is 8.93. The van der Waals surface area contributed by atoms with Crippen molar-refractivity contribution in [3.63, 3.8) is 0 Å². The van der Waals surface area contributed by atoms with Crippen molar-refractivity contribution < 1.29 is 29.3 Å². The van der Waals surface area contributed by atoms with Crippen LogP contribution in [-0.2, 0) is 9.59 Å². The Balaban J connectivity index is 1.95. The highest BCUT2D eigenvalue weighted by molar-refractivity contribution is 5.88. The van der Waals surface area contributed by atoms with Gasteiger partial charge < -0.3 is 20.3 Å². The number of unbranched alkanes of at least 4 members (excludes halogenated alkanes) is 6. The molecular weight excluding hydrogens is 338 g/mol. The summed E-state index contributed by atoms with van der Waals surface area (Å²) in [6.45, 7) is 0.244. The van der Waals surface area contributed by atoms with Gasteiger partial charge in [0.2, 0.25) is 5.91 Å². The molecule has 0 bridgehead atoms. The second-order valence-electron chi connectivity index (χ2n) is 6.08. The standard InChI is InChI=1S/C19H27NO6/c21-17(20-14-18(22)23)11-6-4-2-1-3-5-7-12-26-16-10-8-9-15(13-16)19(24)25/h8-10,13H,1-7,11-12,14H2,(H,20,21)(H,22,23)(H,24,25). The number of aromatic carboxylic acids is 1. The van der Waals surface area contributed by atoms with Crippen molar-refractivity contribution >= 4 is 17.8 Å². The summed E-state index contributed by atoms with van der Waals surface area (Å²) in [6.07, 6.45) is 7.28. The monoisotopic (exact) mass is 365 g/mol. The molecule has 0 heterocycles. The molecular formula is C19H27NO6. The van der Waals surface area contributed by atoms with Crippen molar-refractivity contribution in [2.45, 2.75) is 51.4 Å². The molecule has 0 saturated carbocycles. The average molecular weight is 365 g/mol. The van der Waals surface area contributed by atoms with Crippen LogP contribution in [-0.4, -0.2) is 41.2 Å². The quantitative estimate of drug-likeness (QED) is 0.437. The lowest BCUT2D eigenvalue weighted by molar-refractivity contribution is -0.137. The molecule has 0 fully saturated rings. The number of hydrogen-bond donors (Lipinski definition) is 3. The molecule has 1 rings (SSSR count). The molecule has 144 valence electrons. The third kappa shape index (κ3) is 10.3. The highest BCUT2D eigenvalue weighted by atomic mass is 16.5. The second kappa shape index (κ2) is 12.7. The summed E-state index contributed by atoms with van der Waals surface area (Å²) in [4.78, 5) is 32.5. The van der Waals surface area contributed by atoms with E-state index < -0.39 is 11.9 Å². The maximum Gasteiger partial charge on any atom is 0.335 e. The molecule has 1 amide bonds. The van der Waals surface area contributed by atoms with Gasteiger partial charge in [-0.2, -0.15) is 0 Å². The van der Waals surface area contributed by atoms with Gasteiger partial charge in [-0.25, -0.2) is 4.79 Å². The Bertz CT molecular complexity index is 587. The van der Waals surface area contributed by atoms with Crippen molar-refractivity contribution in [1.82, 2.24) is 5.32 Å². The number of nitrogens with one attached hydrogen (secondary N) is 1. The molecule has 0 aliphatic carbocycles. The summed E-state index contributed by atoms with van der Waals surface area (Å²) in [5, 5.41) is 19.7. The van der Waals surface area contributed by atoms with E-state index in [2.05, 4.69) is 5.32 Å². The van der Waals surface area contributed by atoms with Gasteiger partial charge >= 0.3 is 11.9 Å². The van der Waals surface area contributed by atoms with E-state index in [1.807, 2.05) is 0 Å². The van der Waals surface area contributed by atoms with E-state index in [0.717, 1.165) is 44.9 Å². The number of carboxylic acid groups (broad SMARTS) is 2. The van der Waals surface area contributed by atoms with Crippen LogP contribution in [0.25, 0.3) is 0 Å². The van der Waals surface area contributed by atoms with Gasteiger partial charge in [-0.1, -0.05) is 38.2 Å². The van der Waals surface area contributed by atoms with E-state index >= 15 is 0 Å². The Hall–Kier alpha value is -2.57. The zero-order chi connectivity index (χ0) is 19.2. The van der Waals surface area contributed by atoms with E-state index in [4.69, 9.17) is 14.9 Å². The number of carboxylic acids is 2. The summed E-state index contributed by atoms with van der Waals surface area (Å²) < 4.78 is 5.56. The van der Waals surface area contributed by atoms with Crippen LogP contribution in [0.3, 0.4) is 0 Å². The smallest absolute Gasteiger partial charge is 0.335 e. The Labute approximate surface area is 153 Å². The van der Waals surface area contributed by atoms with E-state index in [9.17, 15) is 14.4 Å². The lowest BCUT2D eigenvalue weighted by Crippen LogP contribution is -2.28. The van der Waals surface area contributed by atoms with Gasteiger partial charge in [0, 0.05) is 6.42 Å². The summed E-state index contributed by atoms with van der Waals surface area (Å²) >= 11 is 0. The number of rotatable bonds is 14. The second-order valence-corrected chi connectivity index (χ2v) is 6.08. The van der Waals surface area contributed by atoms with Crippen LogP contribution in [0.4, 0.5) is 0 Å². The van der Waals surface area contributed by atoms with Crippen molar-refractivity contribution in [3.05, 3.63) is 29.8 Å². The highest BCUT2D eigenvalue weighted by Crippen LogP contribution is 2.14. The van der Waals surface area contributed by atoms with Crippen molar-refractivity contribution in [1.29, 1.82) is 0 Å². The molecule has 1 aromatic rings. The van der Waals surface area contributed by atoms with Crippen LogP contribution in [0, 0.1) is 0 Å². The predicted molar refractivity (Wildman–Crippen MR) is 96.5 cm³/mol. The summed E-state index contributed by atoms with van der Waals surface area (Å²) in [5.74, 6) is -1.63. The van der Waals surface area contributed by atoms with Gasteiger partial charge in [-0.3, -0.25) is 9.59 Å². The van der Waals surface area contributed by atoms with Crippen LogP contribution in [0.2, 0.25) is 0 Å². The molecule has 1 aromatic carbocycles. The first-order valence-electron chi connectivity index (χ1n) is 8.93. The number of ether oxygens (including phenoxy) is 1. The summed E-state index contributed by atoms with van der Waals surface area (Å²) in [5.41, 5.74) is 0.221. The van der Waals surface area contributed by atoms with E-state index in [1.165, 1.54) is 12.1 Å². The van der Waals surface area contributed by atoms with Crippen molar-refractivity contribution in [2.75, 3.05) is 13.2 Å². The zero-order valence-electron chi connectivity index (χ0n) is 14.9. The molecule has 0 radical (unpaired) electrons. The molecule has 7 heteroatoms. The molecule has 0 aliphatic rings. The molecule has 3 N–H and O–H groups in total. The number of amides is 1. The fraction of sp³-hybridized carbons (Fsp3) is 0.526. The van der Waals surface area contributed by atoms with Gasteiger partial charge in [-0.15, -0.1) is 0 Å². The Morgan fingerprint density at radius 1 is 0.923 bits per heavy atom. The zero-order valence-corrected chi connectivity index (χ0v) is 14.9. The Morgan fingerprint density at radius 3 is 2.23 bits per heavy atom. The van der Waals surface area contributed by atoms with Crippen LogP contribution < -0.4 is 10.1 Å². The predicted octanol–water partition coefficient (Wildman–Crippen LogP) is 3.09. The fourth-order valence-corrected chi connectivity index (χ4v) is 2.44. The van der Waals surface area contributed by atoms with Crippen LogP contribution >= 0.6 is 0 Å². The molecule has 0 spiro atoms. The number of aliphatic carboxylic acids is 1. The fourth-order valence-electron chi connectivity index (χ4n) is 2.44. The van der Waals surface area contributed by atoms with Gasteiger partial charge in [0.1, 0.15) is 12.3 Å². The van der Waals surface area contributed by atoms with E-state index in [0.29, 0.717) is 18.8 Å². The number of hydrogen-bond acceptors (Lipinski definition) is 4. The molecule has 0 unspecified atom stereocenters. The van der Waals surface area contributed by atoms with Gasteiger partial charge in [0.15, 0.2) is 0 Å². The number of carbonyl (C=O) groups excluding carboxylic acids is 1. The van der Waals surface area contributed by atoms with Gasteiger partial charge in [0.25, 0.3) is 0 Å². The van der Waals surface area contributed by atoms with Gasteiger partial charge in [-0.05, 0) is 31.0 Å². The first kappa shape index (κ1) is 21.5. The Morgan fingerprint density at radius 2 is 1.58 bits per heavy atom. The van der Waals surface area contributed by atoms with Crippen LogP contribution in [0.1, 0.15) is 61.7 Å². The number of carbonyl (C=O) groups is 3. The minimum Gasteiger partial charge on any atom is -0.494 e. The third-order valence-electron chi connectivity index (χ3n) is 3.83. The lowest BCUT2D eigenvalue weighted by Gasteiger charge is -2.07. The lowest BCUT2D eigenvalue weighted by atomic mass is 10.1. The molecule has 0 saturated heterocycles. The van der Waals surface area contributed by atoms with Gasteiger partial charge in [0.05, 0.1) is 12.2 Å². The third-order valence-corrected chi connectivity index (χ3v) is 3.83. The maximum absolute atomic E-state index is 11.3. The molecule has 0 aliphatic heterocycles. The highest BCUT2D eigenvalue weighted by Gasteiger charge is 2.04. The van der Waals surface area contributed by atoms with Crippen LogP contribution in [0.15, 0.2) is 24.3 Å². The average Bonchev–Trinajstić information content (AvgIpc) is 2.61. The van der Waals surface area contributed by atoms with E-state index in [-0.39, 0.29) is 18.0 Å². The van der Waals surface area contributed by atoms with E-state index in [1.54, 1.807) is 12.1 Å².